The van der Waals surface area contributed by atoms with Crippen LogP contribution in [0, 0.1) is 6.92 Å². The van der Waals surface area contributed by atoms with E-state index >= 15 is 0 Å². The monoisotopic (exact) mass is 281 g/mol. The summed E-state index contributed by atoms with van der Waals surface area (Å²) in [5.41, 5.74) is 2.96. The molecule has 21 heavy (non-hydrogen) atoms. The largest absolute Gasteiger partial charge is 0.402 e. The van der Waals surface area contributed by atoms with Gasteiger partial charge in [-0.05, 0) is 32.1 Å². The van der Waals surface area contributed by atoms with Crippen molar-refractivity contribution in [1.29, 1.82) is 0 Å². The summed E-state index contributed by atoms with van der Waals surface area (Å²) in [5.74, 6) is -0.0927. The fourth-order valence-corrected chi connectivity index (χ4v) is 2.18. The average molecular weight is 281 g/mol. The molecule has 5 nitrogen and oxygen atoms in total. The molecule has 5 heteroatoms. The van der Waals surface area contributed by atoms with Crippen molar-refractivity contribution in [3.63, 3.8) is 0 Å². The molecule has 1 aromatic heterocycles. The van der Waals surface area contributed by atoms with E-state index in [1.807, 2.05) is 48.9 Å². The lowest BCUT2D eigenvalue weighted by atomic mass is 10.2. The Balaban J connectivity index is 1.95. The molecule has 0 bridgehead atoms. The molecule has 1 aliphatic heterocycles. The van der Waals surface area contributed by atoms with E-state index in [9.17, 15) is 4.79 Å². The van der Waals surface area contributed by atoms with Gasteiger partial charge in [-0.15, -0.1) is 0 Å². The van der Waals surface area contributed by atoms with Crippen molar-refractivity contribution in [3.8, 4) is 0 Å². The van der Waals surface area contributed by atoms with Crippen molar-refractivity contribution in [2.24, 2.45) is 4.99 Å². The third-order valence-electron chi connectivity index (χ3n) is 3.37. The highest BCUT2D eigenvalue weighted by atomic mass is 16.6. The Morgan fingerprint density at radius 3 is 2.71 bits per heavy atom. The molecule has 0 fully saturated rings. The van der Waals surface area contributed by atoms with E-state index in [2.05, 4.69) is 10.1 Å². The molecule has 0 saturated carbocycles. The normalized spacial score (nSPS) is 16.2. The van der Waals surface area contributed by atoms with E-state index in [0.29, 0.717) is 11.6 Å². The van der Waals surface area contributed by atoms with Gasteiger partial charge in [0.15, 0.2) is 5.70 Å². The molecule has 0 unspecified atom stereocenters. The predicted molar refractivity (Wildman–Crippen MR) is 79.7 cm³/mol. The summed E-state index contributed by atoms with van der Waals surface area (Å²) in [5, 5.41) is 4.25. The Kier molecular flexibility index (Phi) is 3.39. The standard InChI is InChI=1S/C16H15N3O2/c1-3-19-11(2)13(10-17-19)9-14-16(20)21-15(18-14)12-7-5-4-6-8-12/h4-10H,3H2,1-2H3. The van der Waals surface area contributed by atoms with Crippen molar-refractivity contribution in [3.05, 3.63) is 59.0 Å². The summed E-state index contributed by atoms with van der Waals surface area (Å²) >= 11 is 0. The number of cyclic esters (lactones) is 1. The predicted octanol–water partition coefficient (Wildman–Crippen LogP) is 2.56. The molecule has 2 aromatic rings. The van der Waals surface area contributed by atoms with Gasteiger partial charge in [0.05, 0.1) is 6.20 Å². The summed E-state index contributed by atoms with van der Waals surface area (Å²) in [6.45, 7) is 4.77. The van der Waals surface area contributed by atoms with Crippen molar-refractivity contribution in [2.75, 3.05) is 0 Å². The van der Waals surface area contributed by atoms with Crippen LogP contribution in [0.2, 0.25) is 0 Å². The average Bonchev–Trinajstić information content (AvgIpc) is 3.05. The summed E-state index contributed by atoms with van der Waals surface area (Å²) in [6.07, 6.45) is 3.45. The van der Waals surface area contributed by atoms with Crippen LogP contribution in [0.4, 0.5) is 0 Å². The fraction of sp³-hybridized carbons (Fsp3) is 0.188. The number of hydrogen-bond acceptors (Lipinski definition) is 4. The molecule has 0 N–H and O–H groups in total. The van der Waals surface area contributed by atoms with Crippen molar-refractivity contribution < 1.29 is 9.53 Å². The van der Waals surface area contributed by atoms with Crippen LogP contribution in [0.3, 0.4) is 0 Å². The molecule has 0 aliphatic carbocycles. The van der Waals surface area contributed by atoms with Crippen LogP contribution in [0.15, 0.2) is 47.2 Å². The Morgan fingerprint density at radius 2 is 2.05 bits per heavy atom. The Bertz CT molecular complexity index is 742. The number of benzene rings is 1. The zero-order chi connectivity index (χ0) is 14.8. The van der Waals surface area contributed by atoms with Crippen LogP contribution in [-0.2, 0) is 16.1 Å². The maximum atomic E-state index is 11.9. The van der Waals surface area contributed by atoms with E-state index in [-0.39, 0.29) is 0 Å². The molecule has 0 amide bonds. The molecule has 0 spiro atoms. The second-order valence-electron chi connectivity index (χ2n) is 4.70. The van der Waals surface area contributed by atoms with Crippen LogP contribution in [-0.4, -0.2) is 21.6 Å². The number of carbonyl (C=O) groups is 1. The number of hydrogen-bond donors (Lipinski definition) is 0. The van der Waals surface area contributed by atoms with Gasteiger partial charge in [-0.25, -0.2) is 9.79 Å². The van der Waals surface area contributed by atoms with Gasteiger partial charge in [0, 0.05) is 23.4 Å². The number of esters is 1. The van der Waals surface area contributed by atoms with Gasteiger partial charge in [0.25, 0.3) is 0 Å². The summed E-state index contributed by atoms with van der Waals surface area (Å²) in [7, 11) is 0. The summed E-state index contributed by atoms with van der Waals surface area (Å²) in [4.78, 5) is 16.2. The van der Waals surface area contributed by atoms with Crippen LogP contribution in [0.5, 0.6) is 0 Å². The minimum atomic E-state index is -0.433. The number of ether oxygens (including phenoxy) is 1. The maximum Gasteiger partial charge on any atom is 0.363 e. The zero-order valence-electron chi connectivity index (χ0n) is 11.9. The highest BCUT2D eigenvalue weighted by Crippen LogP contribution is 2.20. The Labute approximate surface area is 122 Å². The molecule has 0 atom stereocenters. The quantitative estimate of drug-likeness (QED) is 0.641. The van der Waals surface area contributed by atoms with Crippen LogP contribution in [0.1, 0.15) is 23.7 Å². The Hall–Kier alpha value is -2.69. The number of aromatic nitrogens is 2. The molecule has 0 radical (unpaired) electrons. The van der Waals surface area contributed by atoms with Gasteiger partial charge in [-0.3, -0.25) is 4.68 Å². The molecule has 0 saturated heterocycles. The number of nitrogens with zero attached hydrogens (tertiary/aromatic N) is 3. The third-order valence-corrected chi connectivity index (χ3v) is 3.37. The third kappa shape index (κ3) is 2.50. The van der Waals surface area contributed by atoms with Gasteiger partial charge in [0.1, 0.15) is 0 Å². The van der Waals surface area contributed by atoms with E-state index in [1.165, 1.54) is 0 Å². The second kappa shape index (κ2) is 5.36. The van der Waals surface area contributed by atoms with Crippen molar-refractivity contribution >= 4 is 17.9 Å². The topological polar surface area (TPSA) is 56.5 Å². The molecule has 2 heterocycles. The Morgan fingerprint density at radius 1 is 1.29 bits per heavy atom. The number of rotatable bonds is 3. The van der Waals surface area contributed by atoms with E-state index in [1.54, 1.807) is 12.3 Å². The van der Waals surface area contributed by atoms with E-state index < -0.39 is 5.97 Å². The molecule has 1 aliphatic rings. The number of aliphatic imine (C=N–C) groups is 1. The first-order chi connectivity index (χ1) is 10.2. The summed E-state index contributed by atoms with van der Waals surface area (Å²) in [6, 6.07) is 9.37. The smallest absolute Gasteiger partial charge is 0.363 e. The first-order valence-corrected chi connectivity index (χ1v) is 6.79. The SMILES string of the molecule is CCn1ncc(C=C2N=C(c3ccccc3)OC2=O)c1C. The zero-order valence-corrected chi connectivity index (χ0v) is 11.9. The van der Waals surface area contributed by atoms with Crippen molar-refractivity contribution in [1.82, 2.24) is 9.78 Å². The van der Waals surface area contributed by atoms with E-state index in [4.69, 9.17) is 4.74 Å². The summed E-state index contributed by atoms with van der Waals surface area (Å²) < 4.78 is 7.09. The minimum Gasteiger partial charge on any atom is -0.402 e. The molecule has 1 aromatic carbocycles. The fourth-order valence-electron chi connectivity index (χ4n) is 2.18. The lowest BCUT2D eigenvalue weighted by Crippen LogP contribution is -2.05. The molecular formula is C16H15N3O2. The number of carbonyl (C=O) groups excluding carboxylic acids is 1. The highest BCUT2D eigenvalue weighted by Gasteiger charge is 2.24. The van der Waals surface area contributed by atoms with Crippen LogP contribution >= 0.6 is 0 Å². The highest BCUT2D eigenvalue weighted by molar-refractivity contribution is 6.12. The molecule has 3 rings (SSSR count). The van der Waals surface area contributed by atoms with E-state index in [0.717, 1.165) is 23.4 Å². The van der Waals surface area contributed by atoms with Crippen LogP contribution in [0.25, 0.3) is 6.08 Å². The first kappa shape index (κ1) is 13.3. The maximum absolute atomic E-state index is 11.9. The minimum absolute atomic E-state index is 0.299. The molecular weight excluding hydrogens is 266 g/mol. The second-order valence-corrected chi connectivity index (χ2v) is 4.70. The lowest BCUT2D eigenvalue weighted by Gasteiger charge is -1.98. The lowest BCUT2D eigenvalue weighted by molar-refractivity contribution is -0.129. The van der Waals surface area contributed by atoms with Gasteiger partial charge in [-0.2, -0.15) is 5.10 Å². The van der Waals surface area contributed by atoms with Crippen LogP contribution < -0.4 is 0 Å². The number of aryl methyl sites for hydroxylation is 1. The van der Waals surface area contributed by atoms with Crippen molar-refractivity contribution in [2.45, 2.75) is 20.4 Å². The van der Waals surface area contributed by atoms with Gasteiger partial charge >= 0.3 is 5.97 Å². The molecule has 106 valence electrons. The first-order valence-electron chi connectivity index (χ1n) is 6.79. The van der Waals surface area contributed by atoms with Gasteiger partial charge in [-0.1, -0.05) is 18.2 Å². The van der Waals surface area contributed by atoms with Gasteiger partial charge < -0.3 is 4.74 Å². The van der Waals surface area contributed by atoms with Gasteiger partial charge in [0.2, 0.25) is 5.90 Å².